The first-order valence-electron chi connectivity index (χ1n) is 12.4. The van der Waals surface area contributed by atoms with Gasteiger partial charge in [0.05, 0.1) is 5.60 Å². The summed E-state index contributed by atoms with van der Waals surface area (Å²) in [6, 6.07) is 6.04. The Balaban J connectivity index is 1.31. The Morgan fingerprint density at radius 1 is 1.03 bits per heavy atom. The number of aromatic nitrogens is 1. The quantitative estimate of drug-likeness (QED) is 0.715. The molecular weight excluding hydrogens is 370 g/mol. The number of hydrogen-bond donors (Lipinski definition) is 1. The molecule has 3 heteroatoms. The van der Waals surface area contributed by atoms with Crippen molar-refractivity contribution in [2.24, 2.45) is 40.9 Å². The highest BCUT2D eigenvalue weighted by atomic mass is 16.3. The highest BCUT2D eigenvalue weighted by Gasteiger charge is 2.58. The zero-order valence-electron chi connectivity index (χ0n) is 19.1. The van der Waals surface area contributed by atoms with Crippen LogP contribution in [0.1, 0.15) is 83.0 Å². The molecule has 5 rings (SSSR count). The molecule has 0 aromatic carbocycles. The van der Waals surface area contributed by atoms with Crippen LogP contribution in [-0.2, 0) is 11.2 Å². The summed E-state index contributed by atoms with van der Waals surface area (Å²) in [5.41, 5.74) is 1.69. The van der Waals surface area contributed by atoms with Crippen LogP contribution in [0.4, 0.5) is 0 Å². The van der Waals surface area contributed by atoms with E-state index in [1.807, 2.05) is 32.0 Å². The van der Waals surface area contributed by atoms with Crippen LogP contribution in [0.25, 0.3) is 0 Å². The molecule has 1 aromatic heterocycles. The van der Waals surface area contributed by atoms with Crippen molar-refractivity contribution in [1.82, 2.24) is 4.98 Å². The summed E-state index contributed by atoms with van der Waals surface area (Å²) >= 11 is 0. The lowest BCUT2D eigenvalue weighted by Gasteiger charge is -2.56. The number of nitrogens with zero attached hydrogens (tertiary/aromatic N) is 1. The summed E-state index contributed by atoms with van der Waals surface area (Å²) in [5.74, 6) is 4.56. The van der Waals surface area contributed by atoms with Gasteiger partial charge in [0, 0.05) is 23.7 Å². The van der Waals surface area contributed by atoms with Gasteiger partial charge in [-0.3, -0.25) is 9.78 Å². The first kappa shape index (κ1) is 20.7. The van der Waals surface area contributed by atoms with Crippen molar-refractivity contribution in [1.29, 1.82) is 0 Å². The van der Waals surface area contributed by atoms with Crippen molar-refractivity contribution >= 4 is 5.78 Å². The molecule has 1 heterocycles. The van der Waals surface area contributed by atoms with Gasteiger partial charge in [0.25, 0.3) is 0 Å². The van der Waals surface area contributed by atoms with Gasteiger partial charge in [0.2, 0.25) is 0 Å². The molecule has 4 aliphatic rings. The second-order valence-electron chi connectivity index (χ2n) is 11.8. The fourth-order valence-corrected chi connectivity index (χ4v) is 8.61. The third kappa shape index (κ3) is 3.45. The molecule has 164 valence electrons. The van der Waals surface area contributed by atoms with Crippen LogP contribution in [-0.4, -0.2) is 21.5 Å². The molecule has 4 saturated carbocycles. The number of carbonyl (C=O) groups excluding carboxylic acids is 1. The maximum atomic E-state index is 13.4. The molecule has 8 atom stereocenters. The van der Waals surface area contributed by atoms with E-state index in [9.17, 15) is 9.90 Å². The van der Waals surface area contributed by atoms with E-state index in [0.29, 0.717) is 12.2 Å². The van der Waals surface area contributed by atoms with E-state index < -0.39 is 5.60 Å². The molecule has 30 heavy (non-hydrogen) atoms. The van der Waals surface area contributed by atoms with Gasteiger partial charge in [-0.05, 0) is 119 Å². The van der Waals surface area contributed by atoms with Crippen LogP contribution in [0, 0.1) is 47.8 Å². The molecule has 0 amide bonds. The summed E-state index contributed by atoms with van der Waals surface area (Å²) in [4.78, 5) is 18.0. The number of rotatable bonds is 3. The van der Waals surface area contributed by atoms with Crippen LogP contribution < -0.4 is 0 Å². The lowest BCUT2D eigenvalue weighted by atomic mass is 9.49. The largest absolute Gasteiger partial charge is 0.390 e. The molecule has 0 aliphatic heterocycles. The normalized spacial score (nSPS) is 45.3. The van der Waals surface area contributed by atoms with Gasteiger partial charge in [-0.2, -0.15) is 0 Å². The van der Waals surface area contributed by atoms with E-state index in [1.165, 1.54) is 38.5 Å². The standard InChI is InChI=1S/C27H39NO2/c1-17-5-4-6-19(28-17)15-25(29)24-10-9-23-22-8-7-18-16-26(2,30)13-11-20(18)21(22)12-14-27(23,24)3/h4-6,18,20-24,30H,7-16H2,1-3H3/t18-,20+,21-,22-,23+,24-,26-,27+/m1/s1. The van der Waals surface area contributed by atoms with Gasteiger partial charge in [0.1, 0.15) is 5.78 Å². The number of hydrogen-bond acceptors (Lipinski definition) is 3. The monoisotopic (exact) mass is 409 g/mol. The van der Waals surface area contributed by atoms with Crippen molar-refractivity contribution in [3.05, 3.63) is 29.6 Å². The Kier molecular flexibility index (Phi) is 5.12. The van der Waals surface area contributed by atoms with Gasteiger partial charge >= 0.3 is 0 Å². The predicted octanol–water partition coefficient (Wildman–Crippen LogP) is 5.52. The number of aryl methyl sites for hydroxylation is 1. The molecule has 0 spiro atoms. The first-order valence-corrected chi connectivity index (χ1v) is 12.4. The number of aliphatic hydroxyl groups is 1. The summed E-state index contributed by atoms with van der Waals surface area (Å²) in [5, 5.41) is 10.6. The first-order chi connectivity index (χ1) is 14.3. The Bertz CT molecular complexity index is 817. The van der Waals surface area contributed by atoms with Crippen LogP contribution in [0.2, 0.25) is 0 Å². The predicted molar refractivity (Wildman–Crippen MR) is 119 cm³/mol. The molecule has 4 fully saturated rings. The van der Waals surface area contributed by atoms with E-state index in [2.05, 4.69) is 11.9 Å². The van der Waals surface area contributed by atoms with Gasteiger partial charge in [-0.25, -0.2) is 0 Å². The Morgan fingerprint density at radius 2 is 1.83 bits per heavy atom. The maximum absolute atomic E-state index is 13.4. The van der Waals surface area contributed by atoms with Crippen molar-refractivity contribution in [2.75, 3.05) is 0 Å². The number of ketones is 1. The fraction of sp³-hybridized carbons (Fsp3) is 0.778. The van der Waals surface area contributed by atoms with Gasteiger partial charge in [0.15, 0.2) is 0 Å². The van der Waals surface area contributed by atoms with Crippen molar-refractivity contribution in [3.63, 3.8) is 0 Å². The fourth-order valence-electron chi connectivity index (χ4n) is 8.61. The summed E-state index contributed by atoms with van der Waals surface area (Å²) in [6.07, 6.45) is 11.2. The van der Waals surface area contributed by atoms with E-state index in [4.69, 9.17) is 0 Å². The van der Waals surface area contributed by atoms with Gasteiger partial charge in [-0.15, -0.1) is 0 Å². The second kappa shape index (κ2) is 7.43. The Hall–Kier alpha value is -1.22. The van der Waals surface area contributed by atoms with Crippen LogP contribution in [0.3, 0.4) is 0 Å². The van der Waals surface area contributed by atoms with Crippen molar-refractivity contribution in [2.45, 2.75) is 90.6 Å². The van der Waals surface area contributed by atoms with Crippen LogP contribution in [0.15, 0.2) is 18.2 Å². The average Bonchev–Trinajstić information content (AvgIpc) is 3.04. The smallest absolute Gasteiger partial charge is 0.142 e. The number of Topliss-reactive ketones (excluding diaryl/α,β-unsaturated/α-hetero) is 1. The average molecular weight is 410 g/mol. The minimum absolute atomic E-state index is 0.190. The van der Waals surface area contributed by atoms with Crippen molar-refractivity contribution in [3.8, 4) is 0 Å². The van der Waals surface area contributed by atoms with Crippen LogP contribution >= 0.6 is 0 Å². The van der Waals surface area contributed by atoms with Gasteiger partial charge < -0.3 is 5.11 Å². The number of pyridine rings is 1. The molecule has 0 bridgehead atoms. The lowest BCUT2D eigenvalue weighted by Crippen LogP contribution is -2.51. The second-order valence-corrected chi connectivity index (χ2v) is 11.8. The molecule has 0 radical (unpaired) electrons. The van der Waals surface area contributed by atoms with E-state index in [0.717, 1.165) is 60.2 Å². The summed E-state index contributed by atoms with van der Waals surface area (Å²) < 4.78 is 0. The highest BCUT2D eigenvalue weighted by molar-refractivity contribution is 5.84. The molecule has 1 N–H and O–H groups in total. The summed E-state index contributed by atoms with van der Waals surface area (Å²) in [7, 11) is 0. The third-order valence-electron chi connectivity index (χ3n) is 9.93. The molecule has 1 aromatic rings. The zero-order chi connectivity index (χ0) is 21.1. The molecule has 3 nitrogen and oxygen atoms in total. The molecule has 0 unspecified atom stereocenters. The number of fused-ring (bicyclic) bond motifs is 5. The topological polar surface area (TPSA) is 50.2 Å². The van der Waals surface area contributed by atoms with Crippen molar-refractivity contribution < 1.29 is 9.90 Å². The molecule has 0 saturated heterocycles. The molecular formula is C27H39NO2. The van der Waals surface area contributed by atoms with Gasteiger partial charge in [-0.1, -0.05) is 13.0 Å². The minimum atomic E-state index is -0.439. The van der Waals surface area contributed by atoms with E-state index in [1.54, 1.807) is 0 Å². The third-order valence-corrected chi connectivity index (χ3v) is 9.93. The minimum Gasteiger partial charge on any atom is -0.390 e. The SMILES string of the molecule is Cc1cccc(CC(=O)[C@H]2CC[C@H]3[C@@H]4CC[C@@H]5C[C@](C)(O)CC[C@@H]5[C@H]4CC[C@]23C)n1. The highest BCUT2D eigenvalue weighted by Crippen LogP contribution is 2.64. The van der Waals surface area contributed by atoms with E-state index >= 15 is 0 Å². The Morgan fingerprint density at radius 3 is 2.63 bits per heavy atom. The zero-order valence-corrected chi connectivity index (χ0v) is 19.1. The molecule has 4 aliphatic carbocycles. The van der Waals surface area contributed by atoms with Crippen LogP contribution in [0.5, 0.6) is 0 Å². The summed E-state index contributed by atoms with van der Waals surface area (Å²) in [6.45, 7) is 6.50. The number of carbonyl (C=O) groups is 1. The van der Waals surface area contributed by atoms with E-state index in [-0.39, 0.29) is 11.3 Å². The lowest BCUT2D eigenvalue weighted by molar-refractivity contribution is -0.131. The maximum Gasteiger partial charge on any atom is 0.142 e. The Labute approximate surface area is 182 Å².